The molecule has 1 fully saturated rings. The van der Waals surface area contributed by atoms with Gasteiger partial charge in [0.05, 0.1) is 11.5 Å². The zero-order valence-electron chi connectivity index (χ0n) is 11.3. The van der Waals surface area contributed by atoms with Gasteiger partial charge in [-0.25, -0.2) is 0 Å². The van der Waals surface area contributed by atoms with Gasteiger partial charge in [0.1, 0.15) is 0 Å². The predicted molar refractivity (Wildman–Crippen MR) is 69.1 cm³/mol. The van der Waals surface area contributed by atoms with Crippen LogP contribution in [0.2, 0.25) is 0 Å². The number of nitriles is 1. The molecule has 1 unspecified atom stereocenters. The van der Waals surface area contributed by atoms with Crippen molar-refractivity contribution in [3.8, 4) is 6.07 Å². The van der Waals surface area contributed by atoms with Gasteiger partial charge >= 0.3 is 0 Å². The molecule has 0 heterocycles. The molecule has 0 aromatic carbocycles. The van der Waals surface area contributed by atoms with Crippen LogP contribution >= 0.6 is 0 Å². The van der Waals surface area contributed by atoms with E-state index in [1.807, 2.05) is 0 Å². The molecule has 1 aliphatic rings. The van der Waals surface area contributed by atoms with Gasteiger partial charge in [-0.2, -0.15) is 5.26 Å². The summed E-state index contributed by atoms with van der Waals surface area (Å²) in [6.07, 6.45) is 11.3. The van der Waals surface area contributed by atoms with Crippen molar-refractivity contribution in [1.82, 2.24) is 0 Å². The number of rotatable bonds is 0. The van der Waals surface area contributed by atoms with Gasteiger partial charge in [-0.05, 0) is 38.0 Å². The van der Waals surface area contributed by atoms with Crippen LogP contribution in [0.3, 0.4) is 0 Å². The van der Waals surface area contributed by atoms with Crippen LogP contribution in [0, 0.1) is 22.2 Å². The van der Waals surface area contributed by atoms with Gasteiger partial charge in [-0.15, -0.1) is 0 Å². The Labute approximate surface area is 101 Å². The molecule has 0 aromatic heterocycles. The molecule has 16 heavy (non-hydrogen) atoms. The zero-order chi connectivity index (χ0) is 12.1. The van der Waals surface area contributed by atoms with Crippen molar-refractivity contribution in [3.05, 3.63) is 0 Å². The van der Waals surface area contributed by atoms with Crippen molar-refractivity contribution in [2.45, 2.75) is 78.6 Å². The molecule has 1 heteroatoms. The van der Waals surface area contributed by atoms with Crippen molar-refractivity contribution in [2.24, 2.45) is 10.8 Å². The molecule has 92 valence electrons. The highest BCUT2D eigenvalue weighted by molar-refractivity contribution is 4.95. The summed E-state index contributed by atoms with van der Waals surface area (Å²) >= 11 is 0. The van der Waals surface area contributed by atoms with E-state index in [-0.39, 0.29) is 5.41 Å². The summed E-state index contributed by atoms with van der Waals surface area (Å²) < 4.78 is 0. The molecule has 1 nitrogen and oxygen atoms in total. The Morgan fingerprint density at radius 3 is 1.75 bits per heavy atom. The van der Waals surface area contributed by atoms with Gasteiger partial charge in [-0.3, -0.25) is 0 Å². The highest BCUT2D eigenvalue weighted by atomic mass is 14.4. The van der Waals surface area contributed by atoms with E-state index < -0.39 is 0 Å². The molecule has 1 rings (SSSR count). The summed E-state index contributed by atoms with van der Waals surface area (Å²) in [6.45, 7) is 6.94. The molecule has 0 spiro atoms. The van der Waals surface area contributed by atoms with E-state index >= 15 is 0 Å². The normalized spacial score (nSPS) is 32.4. The number of hydrogen-bond acceptors (Lipinski definition) is 1. The minimum Gasteiger partial charge on any atom is -0.198 e. The first kappa shape index (κ1) is 13.6. The van der Waals surface area contributed by atoms with Gasteiger partial charge in [0.15, 0.2) is 0 Å². The highest BCUT2D eigenvalue weighted by Crippen LogP contribution is 2.35. The summed E-state index contributed by atoms with van der Waals surface area (Å²) in [4.78, 5) is 0. The first-order valence-electron chi connectivity index (χ1n) is 6.89. The Morgan fingerprint density at radius 2 is 1.19 bits per heavy atom. The smallest absolute Gasteiger partial charge is 0.0686 e. The average Bonchev–Trinajstić information content (AvgIpc) is 2.26. The molecule has 0 saturated heterocycles. The second-order valence-electron chi connectivity index (χ2n) is 6.60. The van der Waals surface area contributed by atoms with E-state index in [4.69, 9.17) is 0 Å². The monoisotopic (exact) mass is 221 g/mol. The van der Waals surface area contributed by atoms with Gasteiger partial charge in [0.25, 0.3) is 0 Å². The maximum Gasteiger partial charge on any atom is 0.0686 e. The fourth-order valence-corrected chi connectivity index (χ4v) is 2.78. The highest BCUT2D eigenvalue weighted by Gasteiger charge is 2.25. The summed E-state index contributed by atoms with van der Waals surface area (Å²) in [5, 5.41) is 9.25. The lowest BCUT2D eigenvalue weighted by atomic mass is 9.80. The molecule has 0 radical (unpaired) electrons. The van der Waals surface area contributed by atoms with Crippen molar-refractivity contribution < 1.29 is 0 Å². The summed E-state index contributed by atoms with van der Waals surface area (Å²) in [7, 11) is 0. The van der Waals surface area contributed by atoms with E-state index in [9.17, 15) is 5.26 Å². The minimum atomic E-state index is -0.0471. The van der Waals surface area contributed by atoms with E-state index in [0.717, 1.165) is 12.8 Å². The van der Waals surface area contributed by atoms with Gasteiger partial charge < -0.3 is 0 Å². The Morgan fingerprint density at radius 1 is 0.750 bits per heavy atom. The third-order valence-corrected chi connectivity index (χ3v) is 4.18. The van der Waals surface area contributed by atoms with Gasteiger partial charge in [0, 0.05) is 0 Å². The third kappa shape index (κ3) is 4.56. The predicted octanol–water partition coefficient (Wildman–Crippen LogP) is 5.07. The van der Waals surface area contributed by atoms with E-state index in [2.05, 4.69) is 26.8 Å². The second kappa shape index (κ2) is 5.71. The standard InChI is InChI=1S/C15H27N/c1-14(2)9-5-4-6-11-15(3,13-16)12-8-7-10-14/h4-12H2,1-3H3. The molecule has 1 aliphatic carbocycles. The van der Waals surface area contributed by atoms with Crippen LogP contribution in [0.25, 0.3) is 0 Å². The molecule has 1 saturated carbocycles. The molecule has 0 N–H and O–H groups in total. The lowest BCUT2D eigenvalue weighted by Gasteiger charge is -2.24. The van der Waals surface area contributed by atoms with Gasteiger partial charge in [0.2, 0.25) is 0 Å². The summed E-state index contributed by atoms with van der Waals surface area (Å²) in [5.74, 6) is 0. The van der Waals surface area contributed by atoms with Crippen molar-refractivity contribution in [3.63, 3.8) is 0 Å². The topological polar surface area (TPSA) is 23.8 Å². The van der Waals surface area contributed by atoms with Crippen LogP contribution in [0.5, 0.6) is 0 Å². The number of nitrogens with zero attached hydrogens (tertiary/aromatic N) is 1. The van der Waals surface area contributed by atoms with Crippen molar-refractivity contribution in [2.75, 3.05) is 0 Å². The van der Waals surface area contributed by atoms with Crippen LogP contribution in [0.1, 0.15) is 78.6 Å². The maximum absolute atomic E-state index is 9.25. The van der Waals surface area contributed by atoms with Crippen LogP contribution in [0.4, 0.5) is 0 Å². The van der Waals surface area contributed by atoms with Crippen molar-refractivity contribution >= 4 is 0 Å². The second-order valence-corrected chi connectivity index (χ2v) is 6.60. The molecule has 1 atom stereocenters. The van der Waals surface area contributed by atoms with E-state index in [0.29, 0.717) is 5.41 Å². The Kier molecular flexibility index (Phi) is 4.84. The molecule has 0 amide bonds. The third-order valence-electron chi connectivity index (χ3n) is 4.18. The van der Waals surface area contributed by atoms with Crippen LogP contribution in [-0.2, 0) is 0 Å². The quantitative estimate of drug-likeness (QED) is 0.560. The van der Waals surface area contributed by atoms with Crippen LogP contribution in [-0.4, -0.2) is 0 Å². The van der Waals surface area contributed by atoms with E-state index in [1.165, 1.54) is 44.9 Å². The molecule has 0 aliphatic heterocycles. The lowest BCUT2D eigenvalue weighted by molar-refractivity contribution is 0.283. The fraction of sp³-hybridized carbons (Fsp3) is 0.933. The van der Waals surface area contributed by atoms with Crippen molar-refractivity contribution in [1.29, 1.82) is 5.26 Å². The molecular weight excluding hydrogens is 194 g/mol. The maximum atomic E-state index is 9.25. The SMILES string of the molecule is CC1(C)CCCCCC(C)(C#N)CCCC1. The Bertz CT molecular complexity index is 249. The summed E-state index contributed by atoms with van der Waals surface area (Å²) in [5.41, 5.74) is 0.474. The van der Waals surface area contributed by atoms with Crippen LogP contribution < -0.4 is 0 Å². The molecular formula is C15H27N. The lowest BCUT2D eigenvalue weighted by Crippen LogP contribution is -2.13. The first-order chi connectivity index (χ1) is 7.47. The van der Waals surface area contributed by atoms with Crippen LogP contribution in [0.15, 0.2) is 0 Å². The Balaban J connectivity index is 2.53. The number of hydrogen-bond donors (Lipinski definition) is 0. The Hall–Kier alpha value is -0.510. The summed E-state index contributed by atoms with van der Waals surface area (Å²) in [6, 6.07) is 2.54. The van der Waals surface area contributed by atoms with Gasteiger partial charge in [-0.1, -0.05) is 46.0 Å². The fourth-order valence-electron chi connectivity index (χ4n) is 2.78. The largest absolute Gasteiger partial charge is 0.198 e. The molecule has 0 bridgehead atoms. The molecule has 0 aromatic rings. The average molecular weight is 221 g/mol. The first-order valence-corrected chi connectivity index (χ1v) is 6.89. The minimum absolute atomic E-state index is 0.0471. The zero-order valence-corrected chi connectivity index (χ0v) is 11.3. The van der Waals surface area contributed by atoms with E-state index in [1.54, 1.807) is 0 Å².